The summed E-state index contributed by atoms with van der Waals surface area (Å²) in [4.78, 5) is 11.7. The summed E-state index contributed by atoms with van der Waals surface area (Å²) in [6, 6.07) is 4.98. The average Bonchev–Trinajstić information content (AvgIpc) is 2.55. The number of phenolic OH excluding ortho intramolecular Hbond substituents is 1. The lowest BCUT2D eigenvalue weighted by atomic mass is 10.1. The molecule has 0 spiro atoms. The van der Waals surface area contributed by atoms with Crippen molar-refractivity contribution in [3.05, 3.63) is 41.7 Å². The van der Waals surface area contributed by atoms with Gasteiger partial charge in [0.05, 0.1) is 6.61 Å². The van der Waals surface area contributed by atoms with E-state index in [1.165, 1.54) is 12.2 Å². The molecule has 24 heavy (non-hydrogen) atoms. The molecule has 4 nitrogen and oxygen atoms in total. The highest BCUT2D eigenvalue weighted by atomic mass is 16.5. The molecule has 0 aliphatic rings. The van der Waals surface area contributed by atoms with Crippen molar-refractivity contribution < 1.29 is 19.7 Å². The van der Waals surface area contributed by atoms with Gasteiger partial charge in [-0.25, -0.2) is 0 Å². The van der Waals surface area contributed by atoms with Gasteiger partial charge in [-0.15, -0.1) is 0 Å². The van der Waals surface area contributed by atoms with Gasteiger partial charge >= 0.3 is 0 Å². The first-order chi connectivity index (χ1) is 11.6. The maximum Gasteiger partial charge on any atom is 0.161 e. The molecule has 0 aromatic heterocycles. The Hall–Kier alpha value is -2.23. The summed E-state index contributed by atoms with van der Waals surface area (Å²) < 4.78 is 5.53. The molecule has 0 saturated carbocycles. The van der Waals surface area contributed by atoms with Gasteiger partial charge in [0, 0.05) is 12.5 Å². The number of aliphatic hydroxyl groups is 1. The number of aromatic hydroxyl groups is 1. The number of carbonyl (C=O) groups is 1. The molecule has 0 aliphatic carbocycles. The fourth-order valence-corrected chi connectivity index (χ4v) is 2.09. The standard InChI is InChI=1S/C20H28O4/c1-3-5-7-8-17(21)15-18(22)11-9-16-10-12-19(23)20(14-16)24-13-6-4-2/h9-12,14-15,22-23H,3-8,13H2,1-2H3. The van der Waals surface area contributed by atoms with Gasteiger partial charge in [0.2, 0.25) is 0 Å². The molecule has 1 aromatic carbocycles. The van der Waals surface area contributed by atoms with Crippen molar-refractivity contribution in [3.8, 4) is 11.5 Å². The van der Waals surface area contributed by atoms with Crippen molar-refractivity contribution >= 4 is 11.9 Å². The van der Waals surface area contributed by atoms with Crippen LogP contribution < -0.4 is 4.74 Å². The molecule has 0 radical (unpaired) electrons. The molecule has 0 heterocycles. The lowest BCUT2D eigenvalue weighted by Gasteiger charge is -2.08. The van der Waals surface area contributed by atoms with Gasteiger partial charge in [0.15, 0.2) is 17.3 Å². The third kappa shape index (κ3) is 7.86. The minimum Gasteiger partial charge on any atom is -0.508 e. The van der Waals surface area contributed by atoms with Crippen LogP contribution in [0.4, 0.5) is 0 Å². The van der Waals surface area contributed by atoms with Gasteiger partial charge in [-0.2, -0.15) is 0 Å². The summed E-state index contributed by atoms with van der Waals surface area (Å²) in [7, 11) is 0. The normalized spacial score (nSPS) is 11.8. The molecule has 0 atom stereocenters. The summed E-state index contributed by atoms with van der Waals surface area (Å²) in [5.74, 6) is 0.372. The quantitative estimate of drug-likeness (QED) is 0.254. The average molecular weight is 332 g/mol. The monoisotopic (exact) mass is 332 g/mol. The van der Waals surface area contributed by atoms with E-state index in [4.69, 9.17) is 4.74 Å². The number of allylic oxidation sites excluding steroid dienone is 2. The van der Waals surface area contributed by atoms with Crippen LogP contribution in [0.5, 0.6) is 11.5 Å². The van der Waals surface area contributed by atoms with E-state index in [1.54, 1.807) is 24.3 Å². The SMILES string of the molecule is CCCCCC(=O)C=C(O)C=Cc1ccc(O)c(OCCCC)c1. The van der Waals surface area contributed by atoms with Crippen LogP contribution in [0.1, 0.15) is 57.9 Å². The first-order valence-electron chi connectivity index (χ1n) is 8.64. The Morgan fingerprint density at radius 3 is 2.62 bits per heavy atom. The zero-order valence-corrected chi connectivity index (χ0v) is 14.6. The van der Waals surface area contributed by atoms with Gasteiger partial charge in [-0.1, -0.05) is 45.3 Å². The molecule has 0 aliphatic heterocycles. The first-order valence-corrected chi connectivity index (χ1v) is 8.64. The number of aliphatic hydroxyl groups excluding tert-OH is 1. The number of unbranched alkanes of at least 4 members (excludes halogenated alkanes) is 3. The summed E-state index contributed by atoms with van der Waals surface area (Å²) in [5, 5.41) is 19.6. The van der Waals surface area contributed by atoms with Crippen LogP contribution in [-0.4, -0.2) is 22.6 Å². The van der Waals surface area contributed by atoms with Gasteiger partial charge in [0.25, 0.3) is 0 Å². The van der Waals surface area contributed by atoms with E-state index >= 15 is 0 Å². The number of hydrogen-bond donors (Lipinski definition) is 2. The Balaban J connectivity index is 2.65. The van der Waals surface area contributed by atoms with Crippen molar-refractivity contribution in [2.24, 2.45) is 0 Å². The van der Waals surface area contributed by atoms with E-state index in [0.717, 1.165) is 37.7 Å². The fraction of sp³-hybridized carbons (Fsp3) is 0.450. The van der Waals surface area contributed by atoms with E-state index in [0.29, 0.717) is 18.8 Å². The van der Waals surface area contributed by atoms with E-state index in [1.807, 2.05) is 0 Å². The lowest BCUT2D eigenvalue weighted by molar-refractivity contribution is -0.114. The molecule has 132 valence electrons. The van der Waals surface area contributed by atoms with E-state index in [-0.39, 0.29) is 17.3 Å². The molecular formula is C20H28O4. The smallest absolute Gasteiger partial charge is 0.161 e. The van der Waals surface area contributed by atoms with Crippen LogP contribution in [0.25, 0.3) is 6.08 Å². The number of phenols is 1. The molecular weight excluding hydrogens is 304 g/mol. The summed E-state index contributed by atoms with van der Waals surface area (Å²) in [5.41, 5.74) is 0.776. The number of hydrogen-bond acceptors (Lipinski definition) is 4. The van der Waals surface area contributed by atoms with Crippen LogP contribution in [0, 0.1) is 0 Å². The fourth-order valence-electron chi connectivity index (χ4n) is 2.09. The zero-order chi connectivity index (χ0) is 17.8. The van der Waals surface area contributed by atoms with Crippen molar-refractivity contribution in [1.29, 1.82) is 0 Å². The third-order valence-electron chi connectivity index (χ3n) is 3.52. The predicted octanol–water partition coefficient (Wildman–Crippen LogP) is 5.18. The second kappa shape index (κ2) is 11.3. The Morgan fingerprint density at radius 2 is 1.92 bits per heavy atom. The molecule has 0 bridgehead atoms. The number of carbonyl (C=O) groups excluding carboxylic acids is 1. The van der Waals surface area contributed by atoms with Crippen LogP contribution in [-0.2, 0) is 4.79 Å². The number of ether oxygens (including phenoxy) is 1. The van der Waals surface area contributed by atoms with Gasteiger partial charge in [-0.3, -0.25) is 4.79 Å². The molecule has 0 fully saturated rings. The maximum atomic E-state index is 11.7. The van der Waals surface area contributed by atoms with Gasteiger partial charge < -0.3 is 14.9 Å². The predicted molar refractivity (Wildman–Crippen MR) is 97.4 cm³/mol. The highest BCUT2D eigenvalue weighted by molar-refractivity contribution is 5.90. The second-order valence-electron chi connectivity index (χ2n) is 5.76. The minimum absolute atomic E-state index is 0.0695. The van der Waals surface area contributed by atoms with Crippen molar-refractivity contribution in [2.75, 3.05) is 6.61 Å². The highest BCUT2D eigenvalue weighted by Crippen LogP contribution is 2.27. The van der Waals surface area contributed by atoms with Crippen LogP contribution >= 0.6 is 0 Å². The van der Waals surface area contributed by atoms with Crippen LogP contribution in [0.3, 0.4) is 0 Å². The second-order valence-corrected chi connectivity index (χ2v) is 5.76. The Kier molecular flexibility index (Phi) is 9.35. The van der Waals surface area contributed by atoms with E-state index in [2.05, 4.69) is 13.8 Å². The highest BCUT2D eigenvalue weighted by Gasteiger charge is 2.03. The van der Waals surface area contributed by atoms with E-state index < -0.39 is 0 Å². The zero-order valence-electron chi connectivity index (χ0n) is 14.6. The largest absolute Gasteiger partial charge is 0.508 e. The molecule has 0 amide bonds. The molecule has 2 N–H and O–H groups in total. The molecule has 1 aromatic rings. The topological polar surface area (TPSA) is 66.8 Å². The first kappa shape index (κ1) is 19.8. The third-order valence-corrected chi connectivity index (χ3v) is 3.52. The minimum atomic E-state index is -0.0713. The summed E-state index contributed by atoms with van der Waals surface area (Å²) in [6.07, 6.45) is 9.73. The molecule has 4 heteroatoms. The maximum absolute atomic E-state index is 11.7. The lowest BCUT2D eigenvalue weighted by Crippen LogP contribution is -1.97. The Morgan fingerprint density at radius 1 is 1.17 bits per heavy atom. The van der Waals surface area contributed by atoms with Crippen molar-refractivity contribution in [2.45, 2.75) is 52.4 Å². The van der Waals surface area contributed by atoms with Gasteiger partial charge in [0.1, 0.15) is 5.76 Å². The summed E-state index contributed by atoms with van der Waals surface area (Å²) in [6.45, 7) is 4.70. The molecule has 0 saturated heterocycles. The molecule has 1 rings (SSSR count). The van der Waals surface area contributed by atoms with Gasteiger partial charge in [-0.05, 0) is 36.6 Å². The summed E-state index contributed by atoms with van der Waals surface area (Å²) >= 11 is 0. The van der Waals surface area contributed by atoms with Crippen LogP contribution in [0.15, 0.2) is 36.1 Å². The van der Waals surface area contributed by atoms with Crippen LogP contribution in [0.2, 0.25) is 0 Å². The number of ketones is 1. The van der Waals surface area contributed by atoms with Crippen molar-refractivity contribution in [3.63, 3.8) is 0 Å². The van der Waals surface area contributed by atoms with Crippen molar-refractivity contribution in [1.82, 2.24) is 0 Å². The Labute approximate surface area is 144 Å². The number of benzene rings is 1. The molecule has 0 unspecified atom stereocenters. The van der Waals surface area contributed by atoms with E-state index in [9.17, 15) is 15.0 Å². The number of rotatable bonds is 11. The Bertz CT molecular complexity index is 573.